The molecule has 0 amide bonds. The van der Waals surface area contributed by atoms with Gasteiger partial charge in [-0.1, -0.05) is 104 Å². The predicted molar refractivity (Wildman–Crippen MR) is 186 cm³/mol. The van der Waals surface area contributed by atoms with Crippen molar-refractivity contribution in [1.29, 1.82) is 0 Å². The maximum atomic E-state index is 12.7. The van der Waals surface area contributed by atoms with Crippen molar-refractivity contribution in [2.45, 2.75) is 65.0 Å². The van der Waals surface area contributed by atoms with Crippen LogP contribution in [0.4, 0.5) is 0 Å². The zero-order chi connectivity index (χ0) is 30.8. The van der Waals surface area contributed by atoms with Gasteiger partial charge in [-0.25, -0.2) is 0 Å². The number of fused-ring (bicyclic) bond motifs is 1. The highest BCUT2D eigenvalue weighted by Gasteiger charge is 2.50. The van der Waals surface area contributed by atoms with Crippen molar-refractivity contribution in [3.05, 3.63) is 113 Å². The van der Waals surface area contributed by atoms with Gasteiger partial charge < -0.3 is 14.5 Å². The average Bonchev–Trinajstić information content (AvgIpc) is 3.36. The molecule has 224 valence electrons. The molecular formula is C37H43BrN2O2Si. The van der Waals surface area contributed by atoms with Crippen molar-refractivity contribution < 1.29 is 9.53 Å². The monoisotopic (exact) mass is 654 g/mol. The molecule has 0 bridgehead atoms. The lowest BCUT2D eigenvalue weighted by molar-refractivity contribution is 0.116. The number of H-pyrrole nitrogens is 1. The minimum Gasteiger partial charge on any atom is -0.424 e. The minimum absolute atomic E-state index is 0.0403. The lowest BCUT2D eigenvalue weighted by Crippen LogP contribution is -2.65. The Hall–Kier alpha value is -3.03. The first-order valence-electron chi connectivity index (χ1n) is 15.1. The van der Waals surface area contributed by atoms with Gasteiger partial charge in [-0.05, 0) is 82.9 Å². The van der Waals surface area contributed by atoms with Gasteiger partial charge >= 0.3 is 0 Å². The number of hydrogen-bond acceptors (Lipinski definition) is 3. The normalized spacial score (nSPS) is 13.4. The van der Waals surface area contributed by atoms with Crippen molar-refractivity contribution in [2.75, 3.05) is 7.11 Å². The van der Waals surface area contributed by atoms with Crippen LogP contribution in [0.15, 0.2) is 102 Å². The fourth-order valence-electron chi connectivity index (χ4n) is 6.40. The van der Waals surface area contributed by atoms with E-state index in [1.54, 1.807) is 7.11 Å². The molecule has 0 saturated heterocycles. The zero-order valence-electron chi connectivity index (χ0n) is 26.1. The SMILES string of the molecule is CO[C@@H](C)c1ncccc1-c1[nH]c2ccc(Br)cc2c1CC(C)(C)CCC(C)(C)[Si](O)(c1ccccc1)c1ccccc1. The average molecular weight is 656 g/mol. The number of pyridine rings is 1. The Bertz CT molecular complexity index is 1640. The van der Waals surface area contributed by atoms with Crippen LogP contribution in [0.2, 0.25) is 5.04 Å². The molecule has 1 atom stereocenters. The Morgan fingerprint density at radius 1 is 0.884 bits per heavy atom. The van der Waals surface area contributed by atoms with Gasteiger partial charge in [0.1, 0.15) is 0 Å². The molecule has 0 aliphatic rings. The molecule has 2 heterocycles. The highest BCUT2D eigenvalue weighted by Crippen LogP contribution is 2.45. The first kappa shape index (κ1) is 31.4. The maximum absolute atomic E-state index is 12.7. The third kappa shape index (κ3) is 6.30. The van der Waals surface area contributed by atoms with E-state index in [1.165, 1.54) is 10.9 Å². The summed E-state index contributed by atoms with van der Waals surface area (Å²) in [5.74, 6) is 0. The molecule has 0 spiro atoms. The predicted octanol–water partition coefficient (Wildman–Crippen LogP) is 8.58. The summed E-state index contributed by atoms with van der Waals surface area (Å²) in [6, 6.07) is 31.2. The number of ether oxygens (including phenoxy) is 1. The van der Waals surface area contributed by atoms with Gasteiger partial charge in [-0.2, -0.15) is 0 Å². The van der Waals surface area contributed by atoms with Gasteiger partial charge in [0.05, 0.1) is 17.5 Å². The van der Waals surface area contributed by atoms with E-state index >= 15 is 0 Å². The van der Waals surface area contributed by atoms with E-state index < -0.39 is 8.32 Å². The summed E-state index contributed by atoms with van der Waals surface area (Å²) >= 11 is 3.71. The third-order valence-electron chi connectivity index (χ3n) is 9.16. The molecule has 0 unspecified atom stereocenters. The van der Waals surface area contributed by atoms with Gasteiger partial charge in [0.15, 0.2) is 0 Å². The van der Waals surface area contributed by atoms with E-state index in [-0.39, 0.29) is 16.6 Å². The van der Waals surface area contributed by atoms with Gasteiger partial charge in [0, 0.05) is 34.2 Å². The van der Waals surface area contributed by atoms with E-state index in [1.807, 2.05) is 55.6 Å². The molecule has 43 heavy (non-hydrogen) atoms. The molecule has 0 radical (unpaired) electrons. The molecule has 4 nitrogen and oxygen atoms in total. The van der Waals surface area contributed by atoms with Crippen molar-refractivity contribution in [1.82, 2.24) is 9.97 Å². The summed E-state index contributed by atoms with van der Waals surface area (Å²) in [6.07, 6.45) is 4.44. The molecule has 5 rings (SSSR count). The molecular weight excluding hydrogens is 612 g/mol. The summed E-state index contributed by atoms with van der Waals surface area (Å²) in [6.45, 7) is 11.3. The third-order valence-corrected chi connectivity index (χ3v) is 14.2. The summed E-state index contributed by atoms with van der Waals surface area (Å²) in [5.41, 5.74) is 5.46. The first-order valence-corrected chi connectivity index (χ1v) is 17.8. The quantitative estimate of drug-likeness (QED) is 0.140. The molecule has 0 saturated carbocycles. The van der Waals surface area contributed by atoms with Crippen molar-refractivity contribution in [3.63, 3.8) is 0 Å². The van der Waals surface area contributed by atoms with Gasteiger partial charge in [0.2, 0.25) is 0 Å². The van der Waals surface area contributed by atoms with E-state index in [0.29, 0.717) is 0 Å². The molecule has 0 fully saturated rings. The first-order chi connectivity index (χ1) is 20.5. The minimum atomic E-state index is -3.08. The molecule has 3 aromatic carbocycles. The Kier molecular flexibility index (Phi) is 9.14. The van der Waals surface area contributed by atoms with Crippen molar-refractivity contribution in [3.8, 4) is 11.3 Å². The van der Waals surface area contributed by atoms with E-state index in [0.717, 1.165) is 56.6 Å². The molecule has 2 N–H and O–H groups in total. The maximum Gasteiger partial charge on any atom is 0.258 e. The van der Waals surface area contributed by atoms with Crippen molar-refractivity contribution >= 4 is 45.5 Å². The standard InChI is InChI=1S/C37H43BrN2O2Si/c1-26(42-6)34-30(18-13-23-39-34)35-32(31-24-27(38)19-20-33(31)40-35)25-36(2,3)21-22-37(4,5)43(41,28-14-9-7-10-15-28)29-16-11-8-12-17-29/h7-20,23-24,26,40-41H,21-22,25H2,1-6H3/t26-/m0/s1. The van der Waals surface area contributed by atoms with Crippen LogP contribution in [0.25, 0.3) is 22.2 Å². The second kappa shape index (κ2) is 12.5. The Balaban J connectivity index is 1.51. The van der Waals surface area contributed by atoms with Crippen LogP contribution in [0, 0.1) is 5.41 Å². The number of rotatable bonds is 11. The van der Waals surface area contributed by atoms with Gasteiger partial charge in [0.25, 0.3) is 8.32 Å². The number of methoxy groups -OCH3 is 1. The Morgan fingerprint density at radius 2 is 1.51 bits per heavy atom. The topological polar surface area (TPSA) is 58.1 Å². The second-order valence-corrected chi connectivity index (χ2v) is 18.0. The van der Waals surface area contributed by atoms with E-state index in [4.69, 9.17) is 9.72 Å². The number of nitrogens with one attached hydrogen (secondary N) is 1. The fourth-order valence-corrected chi connectivity index (χ4v) is 10.5. The molecule has 0 aliphatic carbocycles. The van der Waals surface area contributed by atoms with Crippen LogP contribution in [-0.4, -0.2) is 30.2 Å². The highest BCUT2D eigenvalue weighted by atomic mass is 79.9. The molecule has 6 heteroatoms. The smallest absolute Gasteiger partial charge is 0.258 e. The van der Waals surface area contributed by atoms with Crippen LogP contribution in [0.1, 0.15) is 64.8 Å². The van der Waals surface area contributed by atoms with Gasteiger partial charge in [-0.15, -0.1) is 0 Å². The number of aromatic amines is 1. The van der Waals surface area contributed by atoms with E-state index in [2.05, 4.69) is 97.1 Å². The van der Waals surface area contributed by atoms with E-state index in [9.17, 15) is 4.80 Å². The fraction of sp³-hybridized carbons (Fsp3) is 0.324. The number of nitrogens with zero attached hydrogens (tertiary/aromatic N) is 1. The van der Waals surface area contributed by atoms with Crippen LogP contribution >= 0.6 is 15.9 Å². The summed E-state index contributed by atoms with van der Waals surface area (Å²) in [5, 5.41) is 3.04. The molecule has 5 aromatic rings. The zero-order valence-corrected chi connectivity index (χ0v) is 28.7. The molecule has 2 aromatic heterocycles. The lowest BCUT2D eigenvalue weighted by atomic mass is 9.78. The lowest BCUT2D eigenvalue weighted by Gasteiger charge is -2.43. The number of hydrogen-bond donors (Lipinski definition) is 2. The Morgan fingerprint density at radius 3 is 2.12 bits per heavy atom. The molecule has 0 aliphatic heterocycles. The largest absolute Gasteiger partial charge is 0.424 e. The number of benzene rings is 3. The highest BCUT2D eigenvalue weighted by molar-refractivity contribution is 9.10. The van der Waals surface area contributed by atoms with Crippen LogP contribution in [0.5, 0.6) is 0 Å². The number of aromatic nitrogens is 2. The Labute approximate surface area is 265 Å². The van der Waals surface area contributed by atoms with Crippen LogP contribution in [-0.2, 0) is 11.2 Å². The summed E-state index contributed by atoms with van der Waals surface area (Å²) in [7, 11) is -1.35. The van der Waals surface area contributed by atoms with Gasteiger partial charge in [-0.3, -0.25) is 4.98 Å². The van der Waals surface area contributed by atoms with Crippen molar-refractivity contribution in [2.24, 2.45) is 5.41 Å². The van der Waals surface area contributed by atoms with Crippen LogP contribution < -0.4 is 10.4 Å². The van der Waals surface area contributed by atoms with Crippen LogP contribution in [0.3, 0.4) is 0 Å². The summed E-state index contributed by atoms with van der Waals surface area (Å²) in [4.78, 5) is 21.2. The second-order valence-electron chi connectivity index (χ2n) is 13.1. The number of halogens is 1. The summed E-state index contributed by atoms with van der Waals surface area (Å²) < 4.78 is 6.77.